The molecule has 3 aromatic rings. The second-order valence-corrected chi connectivity index (χ2v) is 9.95. The van der Waals surface area contributed by atoms with Crippen LogP contribution in [0.25, 0.3) is 17.0 Å². The number of piperidine rings is 1. The minimum absolute atomic E-state index is 0.138. The molecular formula is C30H32N6O2. The van der Waals surface area contributed by atoms with E-state index in [4.69, 9.17) is 4.74 Å². The summed E-state index contributed by atoms with van der Waals surface area (Å²) in [6.07, 6.45) is 12.1. The fourth-order valence-corrected chi connectivity index (χ4v) is 4.81. The summed E-state index contributed by atoms with van der Waals surface area (Å²) in [5.41, 5.74) is 3.96. The van der Waals surface area contributed by atoms with Gasteiger partial charge in [-0.25, -0.2) is 9.97 Å². The first-order valence-electron chi connectivity index (χ1n) is 13.0. The van der Waals surface area contributed by atoms with Crippen LogP contribution in [0.15, 0.2) is 73.3 Å². The van der Waals surface area contributed by atoms with Gasteiger partial charge in [-0.15, -0.1) is 0 Å². The molecule has 2 aromatic heterocycles. The van der Waals surface area contributed by atoms with Crippen molar-refractivity contribution in [3.05, 3.63) is 90.2 Å². The number of pyridine rings is 1. The number of ether oxygens (including phenoxy) is 1. The maximum atomic E-state index is 10.7. The Morgan fingerprint density at radius 3 is 2.68 bits per heavy atom. The molecule has 1 fully saturated rings. The molecule has 1 unspecified atom stereocenters. The average Bonchev–Trinajstić information content (AvgIpc) is 2.97. The Morgan fingerprint density at radius 1 is 1.13 bits per heavy atom. The predicted octanol–water partition coefficient (Wildman–Crippen LogP) is 4.42. The van der Waals surface area contributed by atoms with Gasteiger partial charge in [0.05, 0.1) is 42.4 Å². The normalized spacial score (nSPS) is 19.1. The van der Waals surface area contributed by atoms with Crippen LogP contribution in [-0.2, 0) is 0 Å². The summed E-state index contributed by atoms with van der Waals surface area (Å²) in [5.74, 6) is 1.88. The molecule has 1 aromatic carbocycles. The van der Waals surface area contributed by atoms with Crippen molar-refractivity contribution in [2.75, 3.05) is 26.7 Å². The fraction of sp³-hybridized carbons (Fsp3) is 0.333. The highest BCUT2D eigenvalue weighted by molar-refractivity contribution is 5.73. The number of nitriles is 1. The van der Waals surface area contributed by atoms with E-state index >= 15 is 0 Å². The standard InChI is InChI=1S/C30H32N6O2/c1-21(36-19-26(6-7-29(36)37)28-14-23(16-31)8-11-32-28)24-4-3-5-25(15-24)30-33-17-27(18-34-30)38-20-22-9-12-35(2)13-10-22/h3-8,11,14-15,17-19,21-22,29,37H,9-10,12-13,20H2,1-2H3/t21-,29?/m1/s1. The van der Waals surface area contributed by atoms with Crippen LogP contribution in [0.2, 0.25) is 0 Å². The van der Waals surface area contributed by atoms with Gasteiger partial charge in [-0.1, -0.05) is 24.3 Å². The molecule has 2 aliphatic rings. The molecule has 194 valence electrons. The molecule has 2 atom stereocenters. The second-order valence-electron chi connectivity index (χ2n) is 9.95. The third kappa shape index (κ3) is 5.91. The Bertz CT molecular complexity index is 1360. The highest BCUT2D eigenvalue weighted by Crippen LogP contribution is 2.31. The van der Waals surface area contributed by atoms with Crippen LogP contribution >= 0.6 is 0 Å². The highest BCUT2D eigenvalue weighted by atomic mass is 16.5. The van der Waals surface area contributed by atoms with Gasteiger partial charge in [0.2, 0.25) is 0 Å². The summed E-state index contributed by atoms with van der Waals surface area (Å²) in [4.78, 5) is 17.7. The maximum absolute atomic E-state index is 10.7. The van der Waals surface area contributed by atoms with Gasteiger partial charge >= 0.3 is 0 Å². The van der Waals surface area contributed by atoms with E-state index in [-0.39, 0.29) is 6.04 Å². The fourth-order valence-electron chi connectivity index (χ4n) is 4.81. The maximum Gasteiger partial charge on any atom is 0.159 e. The van der Waals surface area contributed by atoms with Gasteiger partial charge in [0, 0.05) is 23.5 Å². The molecule has 0 aliphatic carbocycles. The largest absolute Gasteiger partial charge is 0.490 e. The Labute approximate surface area is 223 Å². The number of allylic oxidation sites excluding steroid dienone is 2. The molecule has 0 amide bonds. The van der Waals surface area contributed by atoms with E-state index in [0.717, 1.165) is 42.6 Å². The zero-order chi connectivity index (χ0) is 26.5. The Morgan fingerprint density at radius 2 is 1.92 bits per heavy atom. The number of hydrogen-bond acceptors (Lipinski definition) is 8. The minimum Gasteiger partial charge on any atom is -0.490 e. The van der Waals surface area contributed by atoms with Gasteiger partial charge in [-0.3, -0.25) is 4.98 Å². The Kier molecular flexibility index (Phi) is 7.78. The molecule has 1 saturated heterocycles. The van der Waals surface area contributed by atoms with Crippen molar-refractivity contribution in [2.45, 2.75) is 32.0 Å². The molecule has 0 spiro atoms. The third-order valence-corrected chi connectivity index (χ3v) is 7.25. The third-order valence-electron chi connectivity index (χ3n) is 7.25. The number of aromatic nitrogens is 3. The number of aliphatic hydroxyl groups is 1. The molecule has 8 heteroatoms. The van der Waals surface area contributed by atoms with E-state index in [1.54, 1.807) is 36.8 Å². The summed E-state index contributed by atoms with van der Waals surface area (Å²) < 4.78 is 5.97. The lowest BCUT2D eigenvalue weighted by atomic mass is 9.98. The number of hydrogen-bond donors (Lipinski definition) is 1. The first-order chi connectivity index (χ1) is 18.5. The van der Waals surface area contributed by atoms with E-state index in [1.807, 2.05) is 48.4 Å². The van der Waals surface area contributed by atoms with Gasteiger partial charge in [-0.2, -0.15) is 5.26 Å². The highest BCUT2D eigenvalue weighted by Gasteiger charge is 2.23. The average molecular weight is 509 g/mol. The lowest BCUT2D eigenvalue weighted by Gasteiger charge is -2.34. The molecule has 38 heavy (non-hydrogen) atoms. The van der Waals surface area contributed by atoms with Crippen molar-refractivity contribution in [2.24, 2.45) is 5.92 Å². The van der Waals surface area contributed by atoms with Crippen molar-refractivity contribution in [3.63, 3.8) is 0 Å². The van der Waals surface area contributed by atoms with Crippen LogP contribution in [-0.4, -0.2) is 62.8 Å². The summed E-state index contributed by atoms with van der Waals surface area (Å²) in [5, 5.41) is 20.0. The number of nitrogens with zero attached hydrogens (tertiary/aromatic N) is 6. The summed E-state index contributed by atoms with van der Waals surface area (Å²) in [7, 11) is 2.16. The number of benzene rings is 1. The van der Waals surface area contributed by atoms with Crippen LogP contribution < -0.4 is 4.74 Å². The molecule has 2 aliphatic heterocycles. The number of likely N-dealkylation sites (tertiary alicyclic amines) is 1. The van der Waals surface area contributed by atoms with Gasteiger partial charge in [0.25, 0.3) is 0 Å². The van der Waals surface area contributed by atoms with Crippen LogP contribution in [0.3, 0.4) is 0 Å². The van der Waals surface area contributed by atoms with Crippen LogP contribution in [0.5, 0.6) is 5.75 Å². The van der Waals surface area contributed by atoms with Crippen LogP contribution in [0.4, 0.5) is 0 Å². The smallest absolute Gasteiger partial charge is 0.159 e. The quantitative estimate of drug-likeness (QED) is 0.501. The van der Waals surface area contributed by atoms with Crippen molar-refractivity contribution in [1.82, 2.24) is 24.8 Å². The summed E-state index contributed by atoms with van der Waals surface area (Å²) >= 11 is 0. The zero-order valence-corrected chi connectivity index (χ0v) is 21.7. The summed E-state index contributed by atoms with van der Waals surface area (Å²) in [6.45, 7) is 4.97. The topological polar surface area (TPSA) is 98.4 Å². The molecule has 0 saturated carbocycles. The van der Waals surface area contributed by atoms with E-state index in [1.165, 1.54) is 0 Å². The molecule has 0 bridgehead atoms. The molecule has 1 N–H and O–H groups in total. The first-order valence-corrected chi connectivity index (χ1v) is 13.0. The summed E-state index contributed by atoms with van der Waals surface area (Å²) in [6, 6.07) is 13.5. The van der Waals surface area contributed by atoms with E-state index < -0.39 is 6.23 Å². The van der Waals surface area contributed by atoms with Crippen LogP contribution in [0.1, 0.15) is 42.6 Å². The minimum atomic E-state index is -0.784. The van der Waals surface area contributed by atoms with Gasteiger partial charge in [-0.05, 0) is 75.7 Å². The lowest BCUT2D eigenvalue weighted by molar-refractivity contribution is 0.0519. The first kappa shape index (κ1) is 25.6. The monoisotopic (exact) mass is 508 g/mol. The lowest BCUT2D eigenvalue weighted by Crippen LogP contribution is -2.33. The zero-order valence-electron chi connectivity index (χ0n) is 21.7. The molecule has 4 heterocycles. The molecular weight excluding hydrogens is 476 g/mol. The second kappa shape index (κ2) is 11.5. The van der Waals surface area contributed by atoms with Crippen molar-refractivity contribution >= 4 is 5.57 Å². The van der Waals surface area contributed by atoms with E-state index in [9.17, 15) is 10.4 Å². The molecule has 0 radical (unpaired) electrons. The van der Waals surface area contributed by atoms with E-state index in [2.05, 4.69) is 33.0 Å². The number of rotatable bonds is 7. The number of aliphatic hydroxyl groups excluding tert-OH is 1. The predicted molar refractivity (Wildman–Crippen MR) is 146 cm³/mol. The Balaban J connectivity index is 1.28. The molecule has 5 rings (SSSR count). The van der Waals surface area contributed by atoms with E-state index in [0.29, 0.717) is 35.4 Å². The molecule has 8 nitrogen and oxygen atoms in total. The van der Waals surface area contributed by atoms with Crippen molar-refractivity contribution in [3.8, 4) is 23.2 Å². The van der Waals surface area contributed by atoms with Gasteiger partial charge < -0.3 is 19.6 Å². The van der Waals surface area contributed by atoms with Crippen molar-refractivity contribution in [1.29, 1.82) is 5.26 Å². The van der Waals surface area contributed by atoms with Crippen LogP contribution in [0, 0.1) is 17.2 Å². The Hall–Kier alpha value is -4.06. The van der Waals surface area contributed by atoms with Crippen molar-refractivity contribution < 1.29 is 9.84 Å². The van der Waals surface area contributed by atoms with Gasteiger partial charge in [0.15, 0.2) is 11.6 Å². The van der Waals surface area contributed by atoms with Gasteiger partial charge in [0.1, 0.15) is 6.23 Å². The SMILES string of the molecule is C[C@H](c1cccc(-c2ncc(OCC3CCN(C)CC3)cn2)c1)N1C=C(c2cc(C#N)ccn2)C=CC1O.